The molecule has 0 radical (unpaired) electrons. The van der Waals surface area contributed by atoms with E-state index in [1.54, 1.807) is 13.0 Å². The molecule has 0 heterocycles. The third-order valence-corrected chi connectivity index (χ3v) is 1.70. The van der Waals surface area contributed by atoms with E-state index in [0.29, 0.717) is 5.56 Å². The molecule has 0 unspecified atom stereocenters. The van der Waals surface area contributed by atoms with Crippen LogP contribution in [-0.2, 0) is 6.18 Å². The van der Waals surface area contributed by atoms with Crippen LogP contribution in [0.3, 0.4) is 0 Å². The number of para-hydroxylation sites is 1. The molecule has 0 aliphatic heterocycles. The molecule has 1 nitrogen and oxygen atoms in total. The summed E-state index contributed by atoms with van der Waals surface area (Å²) in [4.78, 5) is 3.37. The largest absolute Gasteiger partial charge is 0.418 e. The quantitative estimate of drug-likeness (QED) is 0.598. The summed E-state index contributed by atoms with van der Waals surface area (Å²) in [5.74, 6) is 0. The Balaban J connectivity index is 3.37. The first-order valence-corrected chi connectivity index (χ1v) is 3.60. The summed E-state index contributed by atoms with van der Waals surface area (Å²) < 4.78 is 37.0. The van der Waals surface area contributed by atoms with Crippen molar-refractivity contribution in [1.29, 1.82) is 0 Å². The molecule has 0 bridgehead atoms. The van der Waals surface area contributed by atoms with E-state index in [0.717, 1.165) is 6.07 Å². The van der Waals surface area contributed by atoms with Crippen molar-refractivity contribution < 1.29 is 13.2 Å². The van der Waals surface area contributed by atoms with Gasteiger partial charge >= 0.3 is 6.18 Å². The highest BCUT2D eigenvalue weighted by Crippen LogP contribution is 2.37. The van der Waals surface area contributed by atoms with Gasteiger partial charge in [0.15, 0.2) is 0 Å². The van der Waals surface area contributed by atoms with Crippen LogP contribution in [0.5, 0.6) is 0 Å². The normalized spacial score (nSPS) is 11.4. The van der Waals surface area contributed by atoms with Gasteiger partial charge in [0, 0.05) is 0 Å². The van der Waals surface area contributed by atoms with Gasteiger partial charge in [-0.1, -0.05) is 12.1 Å². The van der Waals surface area contributed by atoms with E-state index in [4.69, 9.17) is 0 Å². The predicted molar refractivity (Wildman–Crippen MR) is 45.4 cm³/mol. The highest BCUT2D eigenvalue weighted by Gasteiger charge is 2.33. The van der Waals surface area contributed by atoms with Crippen LogP contribution in [0.4, 0.5) is 18.9 Å². The van der Waals surface area contributed by atoms with Crippen LogP contribution in [-0.4, -0.2) is 6.72 Å². The lowest BCUT2D eigenvalue weighted by molar-refractivity contribution is -0.137. The first kappa shape index (κ1) is 9.77. The fourth-order valence-corrected chi connectivity index (χ4v) is 1.10. The molecule has 70 valence electrons. The molecule has 0 saturated carbocycles. The van der Waals surface area contributed by atoms with E-state index in [1.165, 1.54) is 6.07 Å². The molecule has 13 heavy (non-hydrogen) atoms. The maximum absolute atomic E-state index is 12.3. The summed E-state index contributed by atoms with van der Waals surface area (Å²) in [6, 6.07) is 3.92. The van der Waals surface area contributed by atoms with Crippen LogP contribution in [0, 0.1) is 6.92 Å². The molecular formula is C9H8F3N. The summed E-state index contributed by atoms with van der Waals surface area (Å²) in [5.41, 5.74) is -0.345. The molecule has 0 fully saturated rings. The van der Waals surface area contributed by atoms with Crippen molar-refractivity contribution in [3.05, 3.63) is 29.3 Å². The van der Waals surface area contributed by atoms with Crippen molar-refractivity contribution in [2.75, 3.05) is 0 Å². The van der Waals surface area contributed by atoms with Gasteiger partial charge in [-0.25, -0.2) is 0 Å². The van der Waals surface area contributed by atoms with Crippen LogP contribution in [0.15, 0.2) is 23.2 Å². The smallest absolute Gasteiger partial charge is 0.264 e. The minimum absolute atomic E-state index is 0.0880. The SMILES string of the molecule is C=Nc1c(C)cccc1C(F)(F)F. The van der Waals surface area contributed by atoms with Gasteiger partial charge in [0.25, 0.3) is 0 Å². The number of aliphatic imine (C=N–C) groups is 1. The Labute approximate surface area is 73.9 Å². The summed E-state index contributed by atoms with van der Waals surface area (Å²) in [5, 5.41) is 0. The molecule has 0 N–H and O–H groups in total. The molecule has 0 atom stereocenters. The Morgan fingerprint density at radius 2 is 1.92 bits per heavy atom. The van der Waals surface area contributed by atoms with Crippen LogP contribution in [0.1, 0.15) is 11.1 Å². The Kier molecular flexibility index (Phi) is 2.40. The van der Waals surface area contributed by atoms with E-state index in [1.807, 2.05) is 0 Å². The number of rotatable bonds is 1. The van der Waals surface area contributed by atoms with Gasteiger partial charge in [-0.2, -0.15) is 13.2 Å². The van der Waals surface area contributed by atoms with Crippen LogP contribution >= 0.6 is 0 Å². The lowest BCUT2D eigenvalue weighted by Gasteiger charge is -2.10. The maximum Gasteiger partial charge on any atom is 0.418 e. The highest BCUT2D eigenvalue weighted by molar-refractivity contribution is 5.57. The van der Waals surface area contributed by atoms with Crippen molar-refractivity contribution in [1.82, 2.24) is 0 Å². The molecule has 0 saturated heterocycles. The van der Waals surface area contributed by atoms with Crippen molar-refractivity contribution in [3.8, 4) is 0 Å². The summed E-state index contributed by atoms with van der Waals surface area (Å²) in [7, 11) is 0. The van der Waals surface area contributed by atoms with Crippen LogP contribution in [0.25, 0.3) is 0 Å². The van der Waals surface area contributed by atoms with Crippen molar-refractivity contribution in [2.24, 2.45) is 4.99 Å². The van der Waals surface area contributed by atoms with E-state index < -0.39 is 11.7 Å². The molecule has 0 aromatic heterocycles. The molecule has 0 aliphatic rings. The Morgan fingerprint density at radius 1 is 1.31 bits per heavy atom. The predicted octanol–water partition coefficient (Wildman–Crippen LogP) is 3.35. The fraction of sp³-hybridized carbons (Fsp3) is 0.222. The van der Waals surface area contributed by atoms with Gasteiger partial charge in [0.2, 0.25) is 0 Å². The standard InChI is InChI=1S/C9H8F3N/c1-6-4-3-5-7(8(6)13-2)9(10,11)12/h3-5H,2H2,1H3. The third kappa shape index (κ3) is 1.88. The van der Waals surface area contributed by atoms with E-state index in [-0.39, 0.29) is 5.69 Å². The second-order valence-corrected chi connectivity index (χ2v) is 2.63. The molecule has 1 rings (SSSR count). The number of hydrogen-bond acceptors (Lipinski definition) is 1. The van der Waals surface area contributed by atoms with E-state index in [9.17, 15) is 13.2 Å². The fourth-order valence-electron chi connectivity index (χ4n) is 1.10. The highest BCUT2D eigenvalue weighted by atomic mass is 19.4. The zero-order valence-corrected chi connectivity index (χ0v) is 7.02. The first-order chi connectivity index (χ1) is 5.96. The first-order valence-electron chi connectivity index (χ1n) is 3.60. The van der Waals surface area contributed by atoms with Gasteiger partial charge in [-0.15, -0.1) is 0 Å². The van der Waals surface area contributed by atoms with Gasteiger partial charge in [-0.3, -0.25) is 4.99 Å². The van der Waals surface area contributed by atoms with Gasteiger partial charge in [-0.05, 0) is 25.3 Å². The minimum Gasteiger partial charge on any atom is -0.264 e. The number of alkyl halides is 3. The molecular weight excluding hydrogens is 179 g/mol. The summed E-state index contributed by atoms with van der Waals surface area (Å²) in [6.45, 7) is 4.68. The second-order valence-electron chi connectivity index (χ2n) is 2.63. The monoisotopic (exact) mass is 187 g/mol. The van der Waals surface area contributed by atoms with Gasteiger partial charge in [0.1, 0.15) is 0 Å². The Morgan fingerprint density at radius 3 is 2.31 bits per heavy atom. The summed E-state index contributed by atoms with van der Waals surface area (Å²) >= 11 is 0. The van der Waals surface area contributed by atoms with Gasteiger partial charge < -0.3 is 0 Å². The van der Waals surface area contributed by atoms with Crippen LogP contribution in [0.2, 0.25) is 0 Å². The number of aryl methyl sites for hydroxylation is 1. The number of halogens is 3. The zero-order valence-electron chi connectivity index (χ0n) is 7.02. The maximum atomic E-state index is 12.3. The molecule has 0 aliphatic carbocycles. The van der Waals surface area contributed by atoms with Crippen molar-refractivity contribution >= 4 is 12.4 Å². The Hall–Kier alpha value is -1.32. The summed E-state index contributed by atoms with van der Waals surface area (Å²) in [6.07, 6.45) is -4.36. The lowest BCUT2D eigenvalue weighted by atomic mass is 10.1. The number of hydrogen-bond donors (Lipinski definition) is 0. The topological polar surface area (TPSA) is 12.4 Å². The van der Waals surface area contributed by atoms with Crippen molar-refractivity contribution in [2.45, 2.75) is 13.1 Å². The Bertz CT molecular complexity index is 328. The average molecular weight is 187 g/mol. The molecule has 0 spiro atoms. The lowest BCUT2D eigenvalue weighted by Crippen LogP contribution is -2.05. The molecule has 1 aromatic carbocycles. The number of benzene rings is 1. The number of nitrogens with zero attached hydrogens (tertiary/aromatic N) is 1. The molecule has 0 amide bonds. The third-order valence-electron chi connectivity index (χ3n) is 1.70. The van der Waals surface area contributed by atoms with E-state index >= 15 is 0 Å². The van der Waals surface area contributed by atoms with Gasteiger partial charge in [0.05, 0.1) is 11.3 Å². The zero-order chi connectivity index (χ0) is 10.1. The second kappa shape index (κ2) is 3.20. The van der Waals surface area contributed by atoms with E-state index in [2.05, 4.69) is 11.7 Å². The minimum atomic E-state index is -4.36. The van der Waals surface area contributed by atoms with Crippen LogP contribution < -0.4 is 0 Å². The van der Waals surface area contributed by atoms with Crippen molar-refractivity contribution in [3.63, 3.8) is 0 Å². The molecule has 4 heteroatoms. The average Bonchev–Trinajstić information content (AvgIpc) is 2.02. The molecule has 1 aromatic rings.